The molecule has 0 aliphatic heterocycles. The number of carboxylic acid groups (broad SMARTS) is 1. The van der Waals surface area contributed by atoms with E-state index in [1.807, 2.05) is 0 Å². The number of rotatable bonds is 3. The zero-order valence-electron chi connectivity index (χ0n) is 10.1. The number of halogens is 3. The van der Waals surface area contributed by atoms with Crippen LogP contribution in [0.1, 0.15) is 28.9 Å². The number of aromatic nitrogens is 1. The average molecular weight is 288 g/mol. The Balaban J connectivity index is 2.06. The van der Waals surface area contributed by atoms with Crippen LogP contribution in [0.4, 0.5) is 13.2 Å². The number of nitrogens with one attached hydrogen (secondary N) is 1. The van der Waals surface area contributed by atoms with Crippen LogP contribution >= 0.6 is 0 Å². The quantitative estimate of drug-likeness (QED) is 0.887. The van der Waals surface area contributed by atoms with Crippen LogP contribution in [0.3, 0.4) is 0 Å². The molecule has 0 aromatic carbocycles. The fourth-order valence-electron chi connectivity index (χ4n) is 2.01. The predicted molar refractivity (Wildman–Crippen MR) is 60.9 cm³/mol. The summed E-state index contributed by atoms with van der Waals surface area (Å²) in [6, 6.07) is 1.46. The maximum atomic E-state index is 12.7. The summed E-state index contributed by atoms with van der Waals surface area (Å²) in [4.78, 5) is 25.8. The standard InChI is InChI=1S/C12H11F3N2O3/c13-12(14,15)8-2-1-3-16-9(8)10(18)17-7-4-6(5-7)11(19)20/h1-3,6-7H,4-5H2,(H,17,18)(H,19,20). The number of nitrogens with zero attached hydrogens (tertiary/aromatic N) is 1. The van der Waals surface area contributed by atoms with E-state index >= 15 is 0 Å². The van der Waals surface area contributed by atoms with Gasteiger partial charge in [0, 0.05) is 12.2 Å². The molecular formula is C12H11F3N2O3. The highest BCUT2D eigenvalue weighted by molar-refractivity contribution is 5.94. The first-order chi connectivity index (χ1) is 9.29. The first-order valence-electron chi connectivity index (χ1n) is 5.85. The van der Waals surface area contributed by atoms with E-state index in [2.05, 4.69) is 10.3 Å². The monoisotopic (exact) mass is 288 g/mol. The molecule has 2 rings (SSSR count). The van der Waals surface area contributed by atoms with Gasteiger partial charge in [-0.05, 0) is 25.0 Å². The van der Waals surface area contributed by atoms with Crippen LogP contribution < -0.4 is 5.32 Å². The number of alkyl halides is 3. The second-order valence-corrected chi connectivity index (χ2v) is 4.57. The van der Waals surface area contributed by atoms with Gasteiger partial charge < -0.3 is 10.4 Å². The van der Waals surface area contributed by atoms with E-state index in [0.29, 0.717) is 0 Å². The van der Waals surface area contributed by atoms with Crippen LogP contribution in [0.15, 0.2) is 18.3 Å². The summed E-state index contributed by atoms with van der Waals surface area (Å²) in [6.45, 7) is 0. The van der Waals surface area contributed by atoms with Crippen molar-refractivity contribution in [3.8, 4) is 0 Å². The van der Waals surface area contributed by atoms with Crippen LogP contribution in [0, 0.1) is 5.92 Å². The summed E-state index contributed by atoms with van der Waals surface area (Å²) < 4.78 is 38.1. The van der Waals surface area contributed by atoms with E-state index in [9.17, 15) is 22.8 Å². The molecule has 1 amide bonds. The Bertz CT molecular complexity index is 539. The molecule has 1 saturated carbocycles. The number of hydrogen-bond acceptors (Lipinski definition) is 3. The van der Waals surface area contributed by atoms with E-state index in [4.69, 9.17) is 5.11 Å². The van der Waals surface area contributed by atoms with Gasteiger partial charge in [-0.2, -0.15) is 13.2 Å². The third-order valence-electron chi connectivity index (χ3n) is 3.15. The molecule has 0 atom stereocenters. The van der Waals surface area contributed by atoms with Crippen LogP contribution in [0.25, 0.3) is 0 Å². The first kappa shape index (κ1) is 14.3. The lowest BCUT2D eigenvalue weighted by Crippen LogP contribution is -2.47. The van der Waals surface area contributed by atoms with Crippen molar-refractivity contribution in [3.05, 3.63) is 29.6 Å². The van der Waals surface area contributed by atoms with Gasteiger partial charge in [0.1, 0.15) is 5.69 Å². The van der Waals surface area contributed by atoms with Gasteiger partial charge in [-0.15, -0.1) is 0 Å². The summed E-state index contributed by atoms with van der Waals surface area (Å²) in [5.74, 6) is -2.46. The summed E-state index contributed by atoms with van der Waals surface area (Å²) in [5.41, 5.74) is -1.80. The van der Waals surface area contributed by atoms with Crippen molar-refractivity contribution in [3.63, 3.8) is 0 Å². The Labute approximate surface area is 111 Å². The van der Waals surface area contributed by atoms with Crippen molar-refractivity contribution in [1.82, 2.24) is 10.3 Å². The van der Waals surface area contributed by atoms with Gasteiger partial charge in [0.05, 0.1) is 11.5 Å². The number of aliphatic carboxylic acids is 1. The lowest BCUT2D eigenvalue weighted by atomic mass is 9.80. The van der Waals surface area contributed by atoms with Gasteiger partial charge in [0.15, 0.2) is 0 Å². The van der Waals surface area contributed by atoms with Crippen molar-refractivity contribution in [2.24, 2.45) is 5.92 Å². The van der Waals surface area contributed by atoms with Crippen LogP contribution in [-0.4, -0.2) is 28.0 Å². The Morgan fingerprint density at radius 1 is 1.35 bits per heavy atom. The van der Waals surface area contributed by atoms with Crippen molar-refractivity contribution < 1.29 is 27.9 Å². The summed E-state index contributed by atoms with van der Waals surface area (Å²) in [7, 11) is 0. The fourth-order valence-corrected chi connectivity index (χ4v) is 2.01. The largest absolute Gasteiger partial charge is 0.481 e. The third-order valence-corrected chi connectivity index (χ3v) is 3.15. The maximum Gasteiger partial charge on any atom is 0.418 e. The summed E-state index contributed by atoms with van der Waals surface area (Å²) in [5, 5.41) is 11.0. The third kappa shape index (κ3) is 2.89. The molecule has 1 heterocycles. The van der Waals surface area contributed by atoms with Crippen LogP contribution in [0.5, 0.6) is 0 Å². The molecule has 108 valence electrons. The predicted octanol–water partition coefficient (Wildman–Crippen LogP) is 1.69. The zero-order chi connectivity index (χ0) is 14.9. The van der Waals surface area contributed by atoms with E-state index < -0.39 is 41.3 Å². The SMILES string of the molecule is O=C(NC1CC(C(=O)O)C1)c1ncccc1C(F)(F)F. The van der Waals surface area contributed by atoms with Crippen molar-refractivity contribution in [1.29, 1.82) is 0 Å². The molecule has 20 heavy (non-hydrogen) atoms. The first-order valence-corrected chi connectivity index (χ1v) is 5.85. The molecule has 0 saturated heterocycles. The lowest BCUT2D eigenvalue weighted by molar-refractivity contribution is -0.145. The van der Waals surface area contributed by atoms with E-state index in [1.54, 1.807) is 0 Å². The number of amides is 1. The molecule has 0 spiro atoms. The molecule has 1 aromatic rings. The van der Waals surface area contributed by atoms with Crippen LogP contribution in [-0.2, 0) is 11.0 Å². The molecule has 8 heteroatoms. The highest BCUT2D eigenvalue weighted by Gasteiger charge is 2.39. The summed E-state index contributed by atoms with van der Waals surface area (Å²) in [6.07, 6.45) is -3.13. The number of carboxylic acids is 1. The van der Waals surface area contributed by atoms with Gasteiger partial charge >= 0.3 is 12.1 Å². The van der Waals surface area contributed by atoms with Crippen molar-refractivity contribution in [2.75, 3.05) is 0 Å². The highest BCUT2D eigenvalue weighted by Crippen LogP contribution is 2.32. The Morgan fingerprint density at radius 2 is 2.00 bits per heavy atom. The van der Waals surface area contributed by atoms with Gasteiger partial charge in [-0.1, -0.05) is 0 Å². The van der Waals surface area contributed by atoms with Crippen molar-refractivity contribution >= 4 is 11.9 Å². The van der Waals surface area contributed by atoms with Crippen molar-refractivity contribution in [2.45, 2.75) is 25.1 Å². The molecule has 1 aromatic heterocycles. The highest BCUT2D eigenvalue weighted by atomic mass is 19.4. The number of pyridine rings is 1. The number of carbonyl (C=O) groups is 2. The van der Waals surface area contributed by atoms with E-state index in [0.717, 1.165) is 18.3 Å². The zero-order valence-corrected chi connectivity index (χ0v) is 10.1. The van der Waals surface area contributed by atoms with Gasteiger partial charge in [-0.3, -0.25) is 14.6 Å². The van der Waals surface area contributed by atoms with Gasteiger partial charge in [0.25, 0.3) is 5.91 Å². The lowest BCUT2D eigenvalue weighted by Gasteiger charge is -2.32. The molecule has 1 aliphatic rings. The number of carbonyl (C=O) groups excluding carboxylic acids is 1. The fraction of sp³-hybridized carbons (Fsp3) is 0.417. The molecule has 1 fully saturated rings. The molecule has 2 N–H and O–H groups in total. The molecule has 1 aliphatic carbocycles. The van der Waals surface area contributed by atoms with Gasteiger partial charge in [0.2, 0.25) is 0 Å². The normalized spacial score (nSPS) is 21.9. The van der Waals surface area contributed by atoms with Gasteiger partial charge in [-0.25, -0.2) is 0 Å². The Hall–Kier alpha value is -2.12. The number of hydrogen-bond donors (Lipinski definition) is 2. The minimum Gasteiger partial charge on any atom is -0.481 e. The maximum absolute atomic E-state index is 12.7. The summed E-state index contributed by atoms with van der Waals surface area (Å²) >= 11 is 0. The molecule has 0 bridgehead atoms. The van der Waals surface area contributed by atoms with E-state index in [-0.39, 0.29) is 12.8 Å². The second-order valence-electron chi connectivity index (χ2n) is 4.57. The Morgan fingerprint density at radius 3 is 2.55 bits per heavy atom. The molecule has 0 radical (unpaired) electrons. The topological polar surface area (TPSA) is 79.3 Å². The van der Waals surface area contributed by atoms with E-state index in [1.165, 1.54) is 0 Å². The smallest absolute Gasteiger partial charge is 0.418 e. The molecule has 5 nitrogen and oxygen atoms in total. The minimum absolute atomic E-state index is 0.218. The van der Waals surface area contributed by atoms with Crippen LogP contribution in [0.2, 0.25) is 0 Å². The average Bonchev–Trinajstić information content (AvgIpc) is 2.31. The second kappa shape index (κ2) is 5.10. The Kier molecular flexibility index (Phi) is 3.65. The molecular weight excluding hydrogens is 277 g/mol. The minimum atomic E-state index is -4.66. The molecule has 0 unspecified atom stereocenters.